The van der Waals surface area contributed by atoms with Crippen LogP contribution in [0.15, 0.2) is 59.5 Å². The zero-order valence-corrected chi connectivity index (χ0v) is 15.9. The molecule has 0 aromatic heterocycles. The molecular formula is C19H23N3O4S. The van der Waals surface area contributed by atoms with Gasteiger partial charge in [0.25, 0.3) is 5.91 Å². The molecular weight excluding hydrogens is 366 g/mol. The fourth-order valence-electron chi connectivity index (χ4n) is 2.26. The van der Waals surface area contributed by atoms with Crippen molar-refractivity contribution in [1.82, 2.24) is 15.6 Å². The highest BCUT2D eigenvalue weighted by atomic mass is 32.2. The Morgan fingerprint density at radius 2 is 1.70 bits per heavy atom. The third-order valence-electron chi connectivity index (χ3n) is 3.79. The maximum absolute atomic E-state index is 12.5. The van der Waals surface area contributed by atoms with E-state index in [-0.39, 0.29) is 22.9 Å². The van der Waals surface area contributed by atoms with Gasteiger partial charge in [-0.25, -0.2) is 13.1 Å². The number of rotatable bonds is 8. The zero-order chi connectivity index (χ0) is 19.7. The number of carbonyl (C=O) groups excluding carboxylic acids is 2. The number of carbonyl (C=O) groups is 2. The zero-order valence-electron chi connectivity index (χ0n) is 15.1. The maximum atomic E-state index is 12.5. The first kappa shape index (κ1) is 20.6. The maximum Gasteiger partial charge on any atom is 0.269 e. The topological polar surface area (TPSA) is 104 Å². The molecule has 0 bridgehead atoms. The summed E-state index contributed by atoms with van der Waals surface area (Å²) < 4.78 is 27.4. The Morgan fingerprint density at radius 1 is 0.963 bits per heavy atom. The number of nitrogens with one attached hydrogen (secondary N) is 3. The second-order valence-corrected chi connectivity index (χ2v) is 7.71. The first-order valence-electron chi connectivity index (χ1n) is 8.65. The molecule has 0 atom stereocenters. The molecule has 0 saturated heterocycles. The van der Waals surface area contributed by atoms with Crippen LogP contribution in [-0.2, 0) is 21.4 Å². The van der Waals surface area contributed by atoms with Gasteiger partial charge in [-0.2, -0.15) is 0 Å². The third-order valence-corrected chi connectivity index (χ3v) is 5.19. The highest BCUT2D eigenvalue weighted by molar-refractivity contribution is 7.89. The molecule has 2 aromatic carbocycles. The lowest BCUT2D eigenvalue weighted by Crippen LogP contribution is -2.41. The summed E-state index contributed by atoms with van der Waals surface area (Å²) in [4.78, 5) is 23.7. The van der Waals surface area contributed by atoms with E-state index in [0.717, 1.165) is 18.4 Å². The number of benzene rings is 2. The van der Waals surface area contributed by atoms with Crippen LogP contribution in [0, 0.1) is 0 Å². The van der Waals surface area contributed by atoms with Crippen molar-refractivity contribution in [3.8, 4) is 0 Å². The number of hydrogen-bond donors (Lipinski definition) is 3. The van der Waals surface area contributed by atoms with Crippen LogP contribution in [-0.4, -0.2) is 20.2 Å². The van der Waals surface area contributed by atoms with Gasteiger partial charge < -0.3 is 0 Å². The second kappa shape index (κ2) is 9.84. The van der Waals surface area contributed by atoms with E-state index in [0.29, 0.717) is 6.42 Å². The smallest absolute Gasteiger partial charge is 0.269 e. The molecule has 0 unspecified atom stereocenters. The van der Waals surface area contributed by atoms with Crippen molar-refractivity contribution in [2.24, 2.45) is 0 Å². The minimum Gasteiger partial charge on any atom is -0.273 e. The van der Waals surface area contributed by atoms with Crippen LogP contribution in [0.5, 0.6) is 0 Å². The van der Waals surface area contributed by atoms with Crippen molar-refractivity contribution < 1.29 is 18.0 Å². The van der Waals surface area contributed by atoms with Crippen LogP contribution in [0.25, 0.3) is 0 Å². The average molecular weight is 389 g/mol. The summed E-state index contributed by atoms with van der Waals surface area (Å²) in [7, 11) is -3.78. The monoisotopic (exact) mass is 389 g/mol. The van der Waals surface area contributed by atoms with Crippen molar-refractivity contribution in [1.29, 1.82) is 0 Å². The van der Waals surface area contributed by atoms with Gasteiger partial charge in [-0.05, 0) is 30.2 Å². The Labute approximate surface area is 159 Å². The Kier molecular flexibility index (Phi) is 7.51. The SMILES string of the molecule is CCCCC(=O)NNC(=O)c1cccc(S(=O)(=O)NCc2ccccc2)c1. The van der Waals surface area contributed by atoms with Crippen LogP contribution in [0.2, 0.25) is 0 Å². The summed E-state index contributed by atoms with van der Waals surface area (Å²) in [6, 6.07) is 14.7. The number of unbranched alkanes of at least 4 members (excludes halogenated alkanes) is 1. The Hall–Kier alpha value is -2.71. The Bertz CT molecular complexity index is 883. The van der Waals surface area contributed by atoms with E-state index in [9.17, 15) is 18.0 Å². The summed E-state index contributed by atoms with van der Waals surface area (Å²) in [5.41, 5.74) is 5.56. The van der Waals surface area contributed by atoms with Crippen LogP contribution in [0.3, 0.4) is 0 Å². The lowest BCUT2D eigenvalue weighted by atomic mass is 10.2. The number of hydrazine groups is 1. The summed E-state index contributed by atoms with van der Waals surface area (Å²) >= 11 is 0. The fraction of sp³-hybridized carbons (Fsp3) is 0.263. The predicted octanol–water partition coefficient (Wildman–Crippen LogP) is 2.12. The highest BCUT2D eigenvalue weighted by Crippen LogP contribution is 2.12. The molecule has 2 aromatic rings. The second-order valence-electron chi connectivity index (χ2n) is 5.94. The van der Waals surface area contributed by atoms with Gasteiger partial charge in [0, 0.05) is 18.5 Å². The van der Waals surface area contributed by atoms with Gasteiger partial charge >= 0.3 is 0 Å². The molecule has 3 N–H and O–H groups in total. The molecule has 0 fully saturated rings. The van der Waals surface area contributed by atoms with Crippen molar-refractivity contribution in [2.45, 2.75) is 37.6 Å². The van der Waals surface area contributed by atoms with Gasteiger partial charge in [0.1, 0.15) is 0 Å². The normalized spacial score (nSPS) is 11.0. The minimum absolute atomic E-state index is 0.0246. The van der Waals surface area contributed by atoms with E-state index in [1.807, 2.05) is 37.3 Å². The lowest BCUT2D eigenvalue weighted by molar-refractivity contribution is -0.121. The molecule has 2 amide bonds. The van der Waals surface area contributed by atoms with Crippen molar-refractivity contribution in [3.63, 3.8) is 0 Å². The van der Waals surface area contributed by atoms with Crippen LogP contribution < -0.4 is 15.6 Å². The van der Waals surface area contributed by atoms with Crippen molar-refractivity contribution in [3.05, 3.63) is 65.7 Å². The molecule has 0 radical (unpaired) electrons. The summed E-state index contributed by atoms with van der Waals surface area (Å²) in [5.74, 6) is -0.876. The van der Waals surface area contributed by atoms with Gasteiger partial charge in [-0.15, -0.1) is 0 Å². The van der Waals surface area contributed by atoms with E-state index in [1.54, 1.807) is 0 Å². The quantitative estimate of drug-likeness (QED) is 0.602. The van der Waals surface area contributed by atoms with Gasteiger partial charge in [0.15, 0.2) is 0 Å². The van der Waals surface area contributed by atoms with Crippen molar-refractivity contribution >= 4 is 21.8 Å². The summed E-state index contributed by atoms with van der Waals surface area (Å²) in [6.45, 7) is 2.11. The van der Waals surface area contributed by atoms with E-state index >= 15 is 0 Å². The molecule has 0 aliphatic carbocycles. The van der Waals surface area contributed by atoms with Gasteiger partial charge in [-0.3, -0.25) is 20.4 Å². The van der Waals surface area contributed by atoms with E-state index in [2.05, 4.69) is 15.6 Å². The largest absolute Gasteiger partial charge is 0.273 e. The molecule has 2 rings (SSSR count). The molecule has 8 heteroatoms. The fourth-order valence-corrected chi connectivity index (χ4v) is 3.32. The highest BCUT2D eigenvalue weighted by Gasteiger charge is 2.16. The molecule has 0 heterocycles. The molecule has 0 aliphatic rings. The number of amides is 2. The molecule has 27 heavy (non-hydrogen) atoms. The number of sulfonamides is 1. The predicted molar refractivity (Wildman–Crippen MR) is 102 cm³/mol. The molecule has 0 aliphatic heterocycles. The Balaban J connectivity index is 2.00. The molecule has 7 nitrogen and oxygen atoms in total. The standard InChI is InChI=1S/C19H23N3O4S/c1-2-3-12-18(23)21-22-19(24)16-10-7-11-17(13-16)27(25,26)20-14-15-8-5-4-6-9-15/h4-11,13,20H,2-3,12,14H2,1H3,(H,21,23)(H,22,24). The molecule has 144 valence electrons. The van der Waals surface area contributed by atoms with Gasteiger partial charge in [0.2, 0.25) is 15.9 Å². The van der Waals surface area contributed by atoms with E-state index < -0.39 is 15.9 Å². The number of hydrogen-bond acceptors (Lipinski definition) is 4. The first-order valence-corrected chi connectivity index (χ1v) is 10.1. The van der Waals surface area contributed by atoms with Gasteiger partial charge in [0.05, 0.1) is 4.90 Å². The van der Waals surface area contributed by atoms with Crippen molar-refractivity contribution in [2.75, 3.05) is 0 Å². The summed E-state index contributed by atoms with van der Waals surface area (Å²) in [6.07, 6.45) is 1.91. The first-order chi connectivity index (χ1) is 12.9. The van der Waals surface area contributed by atoms with Gasteiger partial charge in [-0.1, -0.05) is 49.7 Å². The lowest BCUT2D eigenvalue weighted by Gasteiger charge is -2.10. The summed E-state index contributed by atoms with van der Waals surface area (Å²) in [5, 5.41) is 0. The molecule has 0 saturated carbocycles. The Morgan fingerprint density at radius 3 is 2.41 bits per heavy atom. The molecule has 0 spiro atoms. The minimum atomic E-state index is -3.78. The van der Waals surface area contributed by atoms with Crippen LogP contribution in [0.1, 0.15) is 42.1 Å². The van der Waals surface area contributed by atoms with Crippen LogP contribution in [0.4, 0.5) is 0 Å². The van der Waals surface area contributed by atoms with E-state index in [4.69, 9.17) is 0 Å². The third kappa shape index (κ3) is 6.50. The van der Waals surface area contributed by atoms with Crippen LogP contribution >= 0.6 is 0 Å². The van der Waals surface area contributed by atoms with E-state index in [1.165, 1.54) is 24.3 Å². The average Bonchev–Trinajstić information content (AvgIpc) is 2.70.